The van der Waals surface area contributed by atoms with E-state index in [1.807, 2.05) is 18.5 Å². The van der Waals surface area contributed by atoms with E-state index >= 15 is 0 Å². The third-order valence-corrected chi connectivity index (χ3v) is 3.71. The standard InChI is InChI=1S/C13H20N4/c1-6-15-13(16-7-1)17(10-11-2-3-11)12-4-8-14-9-5-12/h1,6-7,11-12,14H,2-5,8-10H2. The first-order valence-electron chi connectivity index (χ1n) is 6.68. The van der Waals surface area contributed by atoms with Crippen LogP contribution in [0, 0.1) is 5.92 Å². The van der Waals surface area contributed by atoms with E-state index < -0.39 is 0 Å². The Morgan fingerprint density at radius 1 is 1.12 bits per heavy atom. The zero-order chi connectivity index (χ0) is 11.5. The Balaban J connectivity index is 1.75. The van der Waals surface area contributed by atoms with Gasteiger partial charge >= 0.3 is 0 Å². The first-order valence-corrected chi connectivity index (χ1v) is 6.68. The van der Waals surface area contributed by atoms with Crippen LogP contribution >= 0.6 is 0 Å². The van der Waals surface area contributed by atoms with E-state index in [9.17, 15) is 0 Å². The lowest BCUT2D eigenvalue weighted by molar-refractivity contribution is 0.420. The van der Waals surface area contributed by atoms with Gasteiger partial charge in [-0.05, 0) is 50.8 Å². The van der Waals surface area contributed by atoms with Crippen molar-refractivity contribution in [1.82, 2.24) is 15.3 Å². The van der Waals surface area contributed by atoms with Crippen LogP contribution in [-0.2, 0) is 0 Å². The minimum atomic E-state index is 0.624. The van der Waals surface area contributed by atoms with E-state index in [0.29, 0.717) is 6.04 Å². The summed E-state index contributed by atoms with van der Waals surface area (Å²) in [6, 6.07) is 2.51. The minimum absolute atomic E-state index is 0.624. The molecule has 0 spiro atoms. The van der Waals surface area contributed by atoms with Crippen molar-refractivity contribution in [2.45, 2.75) is 31.7 Å². The molecule has 1 aromatic heterocycles. The molecule has 1 saturated heterocycles. The zero-order valence-corrected chi connectivity index (χ0v) is 10.2. The topological polar surface area (TPSA) is 41.1 Å². The Kier molecular flexibility index (Phi) is 3.22. The number of anilines is 1. The summed E-state index contributed by atoms with van der Waals surface area (Å²) < 4.78 is 0. The molecule has 0 bridgehead atoms. The van der Waals surface area contributed by atoms with Crippen LogP contribution in [0.1, 0.15) is 25.7 Å². The molecule has 1 aromatic rings. The van der Waals surface area contributed by atoms with Crippen molar-refractivity contribution in [3.8, 4) is 0 Å². The molecule has 2 fully saturated rings. The summed E-state index contributed by atoms with van der Waals surface area (Å²) in [5.41, 5.74) is 0. The lowest BCUT2D eigenvalue weighted by Crippen LogP contribution is -2.44. The highest BCUT2D eigenvalue weighted by molar-refractivity contribution is 5.31. The number of rotatable bonds is 4. The molecule has 17 heavy (non-hydrogen) atoms. The van der Waals surface area contributed by atoms with Crippen molar-refractivity contribution in [2.24, 2.45) is 5.92 Å². The van der Waals surface area contributed by atoms with Gasteiger partial charge in [-0.15, -0.1) is 0 Å². The van der Waals surface area contributed by atoms with Crippen LogP contribution in [0.15, 0.2) is 18.5 Å². The summed E-state index contributed by atoms with van der Waals surface area (Å²) in [4.78, 5) is 11.3. The van der Waals surface area contributed by atoms with Crippen LogP contribution in [0.4, 0.5) is 5.95 Å². The van der Waals surface area contributed by atoms with E-state index in [4.69, 9.17) is 0 Å². The van der Waals surface area contributed by atoms with Crippen LogP contribution in [0.3, 0.4) is 0 Å². The summed E-state index contributed by atoms with van der Waals surface area (Å²) >= 11 is 0. The molecule has 0 aromatic carbocycles. The van der Waals surface area contributed by atoms with Crippen LogP contribution in [0.2, 0.25) is 0 Å². The molecular weight excluding hydrogens is 212 g/mol. The molecule has 0 unspecified atom stereocenters. The molecule has 4 heteroatoms. The highest BCUT2D eigenvalue weighted by Gasteiger charge is 2.30. The van der Waals surface area contributed by atoms with Gasteiger partial charge in [-0.25, -0.2) is 9.97 Å². The second kappa shape index (κ2) is 5.00. The molecule has 2 heterocycles. The summed E-state index contributed by atoms with van der Waals surface area (Å²) in [6.45, 7) is 3.39. The van der Waals surface area contributed by atoms with Gasteiger partial charge in [0.05, 0.1) is 0 Å². The highest BCUT2D eigenvalue weighted by Crippen LogP contribution is 2.32. The predicted molar refractivity (Wildman–Crippen MR) is 68.0 cm³/mol. The van der Waals surface area contributed by atoms with E-state index in [2.05, 4.69) is 20.2 Å². The Morgan fingerprint density at radius 3 is 2.47 bits per heavy atom. The SMILES string of the molecule is c1cnc(N(CC2CC2)C2CCNCC2)nc1. The fourth-order valence-electron chi connectivity index (χ4n) is 2.53. The number of nitrogens with zero attached hydrogens (tertiary/aromatic N) is 3. The van der Waals surface area contributed by atoms with Gasteiger partial charge in [0.1, 0.15) is 0 Å². The van der Waals surface area contributed by atoms with Crippen molar-refractivity contribution in [3.05, 3.63) is 18.5 Å². The second-order valence-electron chi connectivity index (χ2n) is 5.13. The van der Waals surface area contributed by atoms with Gasteiger partial charge in [-0.2, -0.15) is 0 Å². The van der Waals surface area contributed by atoms with Crippen molar-refractivity contribution < 1.29 is 0 Å². The van der Waals surface area contributed by atoms with Gasteiger partial charge in [0, 0.05) is 25.0 Å². The minimum Gasteiger partial charge on any atom is -0.337 e. The van der Waals surface area contributed by atoms with Gasteiger partial charge in [0.15, 0.2) is 0 Å². The molecule has 0 radical (unpaired) electrons. The van der Waals surface area contributed by atoms with Crippen LogP contribution in [0.5, 0.6) is 0 Å². The van der Waals surface area contributed by atoms with Gasteiger partial charge in [0.25, 0.3) is 0 Å². The monoisotopic (exact) mass is 232 g/mol. The Morgan fingerprint density at radius 2 is 1.82 bits per heavy atom. The van der Waals surface area contributed by atoms with Crippen molar-refractivity contribution in [2.75, 3.05) is 24.5 Å². The smallest absolute Gasteiger partial charge is 0.225 e. The molecule has 1 N–H and O–H groups in total. The fourth-order valence-corrected chi connectivity index (χ4v) is 2.53. The third-order valence-electron chi connectivity index (χ3n) is 3.71. The summed E-state index contributed by atoms with van der Waals surface area (Å²) in [5, 5.41) is 3.42. The van der Waals surface area contributed by atoms with Crippen molar-refractivity contribution in [3.63, 3.8) is 0 Å². The molecule has 4 nitrogen and oxygen atoms in total. The van der Waals surface area contributed by atoms with E-state index in [0.717, 1.165) is 31.5 Å². The van der Waals surface area contributed by atoms with Crippen molar-refractivity contribution in [1.29, 1.82) is 0 Å². The van der Waals surface area contributed by atoms with E-state index in [-0.39, 0.29) is 0 Å². The van der Waals surface area contributed by atoms with Gasteiger partial charge in [-0.1, -0.05) is 0 Å². The molecule has 1 saturated carbocycles. The lowest BCUT2D eigenvalue weighted by Gasteiger charge is -2.34. The third kappa shape index (κ3) is 2.75. The summed E-state index contributed by atoms with van der Waals surface area (Å²) in [7, 11) is 0. The van der Waals surface area contributed by atoms with Gasteiger partial charge < -0.3 is 10.2 Å². The number of nitrogens with one attached hydrogen (secondary N) is 1. The van der Waals surface area contributed by atoms with E-state index in [1.165, 1.54) is 25.7 Å². The largest absolute Gasteiger partial charge is 0.337 e. The van der Waals surface area contributed by atoms with Crippen molar-refractivity contribution >= 4 is 5.95 Å². The van der Waals surface area contributed by atoms with Crippen LogP contribution < -0.4 is 10.2 Å². The highest BCUT2D eigenvalue weighted by atomic mass is 15.3. The Labute approximate surface area is 102 Å². The molecule has 0 atom stereocenters. The Hall–Kier alpha value is -1.16. The maximum Gasteiger partial charge on any atom is 0.225 e. The molecule has 1 aliphatic heterocycles. The van der Waals surface area contributed by atoms with Crippen LogP contribution in [-0.4, -0.2) is 35.6 Å². The molecule has 92 valence electrons. The second-order valence-corrected chi connectivity index (χ2v) is 5.13. The number of hydrogen-bond acceptors (Lipinski definition) is 4. The molecule has 1 aliphatic carbocycles. The lowest BCUT2D eigenvalue weighted by atomic mass is 10.0. The van der Waals surface area contributed by atoms with Gasteiger partial charge in [-0.3, -0.25) is 0 Å². The average molecular weight is 232 g/mol. The summed E-state index contributed by atoms with van der Waals surface area (Å²) in [6.07, 6.45) is 8.89. The number of piperidine rings is 1. The normalized spacial score (nSPS) is 21.4. The quantitative estimate of drug-likeness (QED) is 0.853. The fraction of sp³-hybridized carbons (Fsp3) is 0.692. The number of aromatic nitrogens is 2. The molecule has 2 aliphatic rings. The zero-order valence-electron chi connectivity index (χ0n) is 10.2. The van der Waals surface area contributed by atoms with Crippen LogP contribution in [0.25, 0.3) is 0 Å². The first kappa shape index (κ1) is 11.0. The predicted octanol–water partition coefficient (Wildman–Crippen LogP) is 1.44. The number of hydrogen-bond donors (Lipinski definition) is 1. The molecule has 0 amide bonds. The maximum absolute atomic E-state index is 4.43. The summed E-state index contributed by atoms with van der Waals surface area (Å²) in [5.74, 6) is 1.81. The van der Waals surface area contributed by atoms with Gasteiger partial charge in [0.2, 0.25) is 5.95 Å². The maximum atomic E-state index is 4.43. The Bertz CT molecular complexity index is 344. The first-order chi connectivity index (χ1) is 8.43. The average Bonchev–Trinajstić information content (AvgIpc) is 3.22. The molecule has 3 rings (SSSR count). The molecular formula is C13H20N4. The van der Waals surface area contributed by atoms with E-state index in [1.54, 1.807) is 0 Å².